The van der Waals surface area contributed by atoms with Crippen LogP contribution in [-0.2, 0) is 4.74 Å². The van der Waals surface area contributed by atoms with E-state index in [9.17, 15) is 4.79 Å². The molecule has 0 aliphatic carbocycles. The minimum Gasteiger partial charge on any atom is -0.465 e. The van der Waals surface area contributed by atoms with Crippen molar-refractivity contribution in [1.82, 2.24) is 0 Å². The van der Waals surface area contributed by atoms with Crippen molar-refractivity contribution in [2.75, 3.05) is 24.7 Å². The van der Waals surface area contributed by atoms with Crippen molar-refractivity contribution < 1.29 is 9.53 Å². The van der Waals surface area contributed by atoms with Crippen LogP contribution in [0.15, 0.2) is 12.1 Å². The van der Waals surface area contributed by atoms with E-state index in [2.05, 4.69) is 19.2 Å². The zero-order valence-corrected chi connectivity index (χ0v) is 11.5. The van der Waals surface area contributed by atoms with Gasteiger partial charge in [-0.15, -0.1) is 0 Å². The van der Waals surface area contributed by atoms with Gasteiger partial charge in [-0.25, -0.2) is 4.79 Å². The second-order valence-electron chi connectivity index (χ2n) is 4.64. The van der Waals surface area contributed by atoms with Crippen LogP contribution in [0, 0.1) is 12.8 Å². The number of hydrogen-bond acceptors (Lipinski definition) is 4. The van der Waals surface area contributed by atoms with Gasteiger partial charge in [-0.2, -0.15) is 0 Å². The van der Waals surface area contributed by atoms with Crippen LogP contribution in [0.5, 0.6) is 0 Å². The third-order valence-corrected chi connectivity index (χ3v) is 3.14. The number of aryl methyl sites for hydroxylation is 1. The minimum atomic E-state index is -0.400. The first-order valence-electron chi connectivity index (χ1n) is 6.21. The van der Waals surface area contributed by atoms with Crippen LogP contribution in [0.25, 0.3) is 0 Å². The third-order valence-electron chi connectivity index (χ3n) is 3.14. The number of methoxy groups -OCH3 is 1. The summed E-state index contributed by atoms with van der Waals surface area (Å²) in [6.45, 7) is 7.09. The highest BCUT2D eigenvalue weighted by molar-refractivity contribution is 5.97. The van der Waals surface area contributed by atoms with Gasteiger partial charge in [-0.05, 0) is 30.5 Å². The number of nitrogens with two attached hydrogens (primary N) is 1. The lowest BCUT2D eigenvalue weighted by molar-refractivity contribution is 0.0602. The monoisotopic (exact) mass is 250 g/mol. The van der Waals surface area contributed by atoms with E-state index in [1.54, 1.807) is 6.07 Å². The van der Waals surface area contributed by atoms with Gasteiger partial charge in [0.25, 0.3) is 0 Å². The Hall–Kier alpha value is -1.71. The molecule has 0 fully saturated rings. The van der Waals surface area contributed by atoms with E-state index in [0.29, 0.717) is 17.2 Å². The van der Waals surface area contributed by atoms with Gasteiger partial charge < -0.3 is 15.8 Å². The lowest BCUT2D eigenvalue weighted by Gasteiger charge is -2.14. The minimum absolute atomic E-state index is 0.400. The van der Waals surface area contributed by atoms with E-state index in [1.807, 2.05) is 13.0 Å². The topological polar surface area (TPSA) is 64.3 Å². The molecule has 100 valence electrons. The molecule has 4 heteroatoms. The second-order valence-corrected chi connectivity index (χ2v) is 4.64. The van der Waals surface area contributed by atoms with Crippen LogP contribution < -0.4 is 11.1 Å². The van der Waals surface area contributed by atoms with Crippen molar-refractivity contribution in [2.24, 2.45) is 5.92 Å². The lowest BCUT2D eigenvalue weighted by atomic mass is 10.1. The van der Waals surface area contributed by atoms with Crippen LogP contribution in [0.3, 0.4) is 0 Å². The van der Waals surface area contributed by atoms with E-state index in [-0.39, 0.29) is 0 Å². The molecule has 1 aromatic rings. The number of anilines is 2. The zero-order valence-electron chi connectivity index (χ0n) is 11.5. The van der Waals surface area contributed by atoms with Crippen LogP contribution in [0.1, 0.15) is 36.2 Å². The van der Waals surface area contributed by atoms with E-state index in [1.165, 1.54) is 7.11 Å². The summed E-state index contributed by atoms with van der Waals surface area (Å²) in [5, 5.41) is 3.32. The quantitative estimate of drug-likeness (QED) is 0.623. The number of nitrogen functional groups attached to an aromatic ring is 1. The van der Waals surface area contributed by atoms with Crippen molar-refractivity contribution in [3.05, 3.63) is 23.3 Å². The summed E-state index contributed by atoms with van der Waals surface area (Å²) in [5.41, 5.74) is 8.57. The molecule has 0 amide bonds. The van der Waals surface area contributed by atoms with Crippen LogP contribution in [0.4, 0.5) is 11.4 Å². The van der Waals surface area contributed by atoms with Crippen LogP contribution in [-0.4, -0.2) is 19.6 Å². The number of hydrogen-bond donors (Lipinski definition) is 2. The maximum atomic E-state index is 11.6. The summed E-state index contributed by atoms with van der Waals surface area (Å²) in [4.78, 5) is 11.6. The summed E-state index contributed by atoms with van der Waals surface area (Å²) in [6, 6.07) is 3.70. The molecule has 0 heterocycles. The molecule has 0 aliphatic rings. The molecular formula is C14H22N2O2. The van der Waals surface area contributed by atoms with Crippen molar-refractivity contribution in [3.63, 3.8) is 0 Å². The van der Waals surface area contributed by atoms with Crippen molar-refractivity contribution in [3.8, 4) is 0 Å². The van der Waals surface area contributed by atoms with E-state index in [4.69, 9.17) is 10.5 Å². The van der Waals surface area contributed by atoms with Crippen LogP contribution in [0.2, 0.25) is 0 Å². The SMILES string of the molecule is CCC(C)CNc1cc(C)c(N)c(C(=O)OC)c1. The molecule has 0 radical (unpaired) electrons. The summed E-state index contributed by atoms with van der Waals surface area (Å²) in [7, 11) is 1.36. The number of ether oxygens (including phenoxy) is 1. The third kappa shape index (κ3) is 3.39. The molecule has 3 N–H and O–H groups in total. The molecule has 4 nitrogen and oxygen atoms in total. The van der Waals surface area contributed by atoms with Gasteiger partial charge in [0, 0.05) is 17.9 Å². The highest BCUT2D eigenvalue weighted by atomic mass is 16.5. The maximum Gasteiger partial charge on any atom is 0.340 e. The zero-order chi connectivity index (χ0) is 13.7. The first kappa shape index (κ1) is 14.4. The average Bonchev–Trinajstić information content (AvgIpc) is 2.38. The van der Waals surface area contributed by atoms with Crippen LogP contribution >= 0.6 is 0 Å². The van der Waals surface area contributed by atoms with Gasteiger partial charge in [0.05, 0.1) is 12.7 Å². The van der Waals surface area contributed by atoms with E-state index >= 15 is 0 Å². The normalized spacial score (nSPS) is 12.0. The summed E-state index contributed by atoms with van der Waals surface area (Å²) < 4.78 is 4.73. The standard InChI is InChI=1S/C14H22N2O2/c1-5-9(2)8-16-11-6-10(3)13(15)12(7-11)14(17)18-4/h6-7,9,16H,5,8,15H2,1-4H3. The summed E-state index contributed by atoms with van der Waals surface area (Å²) >= 11 is 0. The second kappa shape index (κ2) is 6.28. The molecule has 18 heavy (non-hydrogen) atoms. The first-order valence-corrected chi connectivity index (χ1v) is 6.21. The number of benzene rings is 1. The molecule has 1 aromatic carbocycles. The number of carbonyl (C=O) groups is 1. The molecular weight excluding hydrogens is 228 g/mol. The first-order chi connectivity index (χ1) is 8.49. The molecule has 1 unspecified atom stereocenters. The Bertz CT molecular complexity index is 430. The van der Waals surface area contributed by atoms with E-state index in [0.717, 1.165) is 24.2 Å². The summed E-state index contributed by atoms with van der Waals surface area (Å²) in [6.07, 6.45) is 1.12. The fourth-order valence-corrected chi connectivity index (χ4v) is 1.62. The van der Waals surface area contributed by atoms with Gasteiger partial charge in [-0.1, -0.05) is 20.3 Å². The van der Waals surface area contributed by atoms with Gasteiger partial charge >= 0.3 is 5.97 Å². The van der Waals surface area contributed by atoms with Crippen molar-refractivity contribution in [1.29, 1.82) is 0 Å². The van der Waals surface area contributed by atoms with E-state index < -0.39 is 5.97 Å². The maximum absolute atomic E-state index is 11.6. The number of nitrogens with one attached hydrogen (secondary N) is 1. The average molecular weight is 250 g/mol. The fourth-order valence-electron chi connectivity index (χ4n) is 1.62. The number of carbonyl (C=O) groups excluding carboxylic acids is 1. The predicted octanol–water partition coefficient (Wildman–Crippen LogP) is 2.82. The van der Waals surface area contributed by atoms with Gasteiger partial charge in [0.2, 0.25) is 0 Å². The fraction of sp³-hybridized carbons (Fsp3) is 0.500. The van der Waals surface area contributed by atoms with Gasteiger partial charge in [0.15, 0.2) is 0 Å². The Morgan fingerprint density at radius 1 is 1.50 bits per heavy atom. The Kier molecular flexibility index (Phi) is 5.01. The molecule has 0 saturated heterocycles. The molecule has 0 aromatic heterocycles. The van der Waals surface area contributed by atoms with Gasteiger partial charge in [0.1, 0.15) is 0 Å². The largest absolute Gasteiger partial charge is 0.465 e. The molecule has 0 aliphatic heterocycles. The molecule has 0 bridgehead atoms. The Morgan fingerprint density at radius 3 is 2.72 bits per heavy atom. The molecule has 0 spiro atoms. The predicted molar refractivity (Wildman–Crippen MR) is 74.9 cm³/mol. The lowest BCUT2D eigenvalue weighted by Crippen LogP contribution is -2.12. The van der Waals surface area contributed by atoms with Crippen molar-refractivity contribution >= 4 is 17.3 Å². The Morgan fingerprint density at radius 2 is 2.17 bits per heavy atom. The molecule has 1 atom stereocenters. The highest BCUT2D eigenvalue weighted by Gasteiger charge is 2.13. The Labute approximate surface area is 109 Å². The number of esters is 1. The smallest absolute Gasteiger partial charge is 0.340 e. The number of rotatable bonds is 5. The molecule has 0 saturated carbocycles. The van der Waals surface area contributed by atoms with Crippen molar-refractivity contribution in [2.45, 2.75) is 27.2 Å². The Balaban J connectivity index is 2.94. The van der Waals surface area contributed by atoms with Gasteiger partial charge in [-0.3, -0.25) is 0 Å². The summed E-state index contributed by atoms with van der Waals surface area (Å²) in [5.74, 6) is 0.187. The molecule has 1 rings (SSSR count). The highest BCUT2D eigenvalue weighted by Crippen LogP contribution is 2.23.